The van der Waals surface area contributed by atoms with Gasteiger partial charge in [0.1, 0.15) is 24.4 Å². The van der Waals surface area contributed by atoms with Crippen LogP contribution in [0.3, 0.4) is 0 Å². The molecule has 0 saturated carbocycles. The van der Waals surface area contributed by atoms with E-state index in [1.54, 1.807) is 0 Å². The molecule has 1 fully saturated rings. The van der Waals surface area contributed by atoms with Crippen molar-refractivity contribution in [2.24, 2.45) is 0 Å². The summed E-state index contributed by atoms with van der Waals surface area (Å²) in [5.41, 5.74) is 0. The zero-order valence-electron chi connectivity index (χ0n) is 19.2. The summed E-state index contributed by atoms with van der Waals surface area (Å²) < 4.78 is 230. The van der Waals surface area contributed by atoms with Gasteiger partial charge in [-0.15, -0.1) is 0 Å². The Bertz CT molecular complexity index is 959. The predicted molar refractivity (Wildman–Crippen MR) is 82.8 cm³/mol. The molecule has 0 radical (unpaired) electrons. The van der Waals surface area contributed by atoms with Crippen LogP contribution < -0.4 is 34.7 Å². The van der Waals surface area contributed by atoms with Gasteiger partial charge in [-0.05, 0) is 0 Å². The second kappa shape index (κ2) is 11.2. The zero-order chi connectivity index (χ0) is 32.5. The van der Waals surface area contributed by atoms with Crippen LogP contribution in [0.2, 0.25) is 0 Å². The van der Waals surface area contributed by atoms with Gasteiger partial charge >= 0.3 is 77.2 Å². The summed E-state index contributed by atoms with van der Waals surface area (Å²) in [6, 6.07) is 0. The predicted octanol–water partition coefficient (Wildman–Crippen LogP) is -1.30. The summed E-state index contributed by atoms with van der Waals surface area (Å²) >= 11 is 0. The van der Waals surface area contributed by atoms with E-state index in [4.69, 9.17) is 0 Å². The van der Waals surface area contributed by atoms with Gasteiger partial charge in [0.05, 0.1) is 5.97 Å². The maximum Gasteiger partial charge on any atom is 1.00 e. The number of aliphatic carboxylic acids is 1. The van der Waals surface area contributed by atoms with Crippen LogP contribution in [-0.4, -0.2) is 104 Å². The van der Waals surface area contributed by atoms with E-state index in [1.165, 1.54) is 0 Å². The van der Waals surface area contributed by atoms with E-state index in [1.807, 2.05) is 0 Å². The second-order valence-electron chi connectivity index (χ2n) is 8.28. The Hall–Kier alpha value is -0.920. The monoisotopic (exact) mass is 662 g/mol. The van der Waals surface area contributed by atoms with Gasteiger partial charge in [0.25, 0.3) is 0 Å². The summed E-state index contributed by atoms with van der Waals surface area (Å²) in [5, 5.41) is 48.6. The minimum Gasteiger partial charge on any atom is -0.547 e. The summed E-state index contributed by atoms with van der Waals surface area (Å²) in [6.07, 6.45) is -25.3. The molecule has 5 atom stereocenters. The third-order valence-corrected chi connectivity index (χ3v) is 5.60. The number of aliphatic hydroxyl groups excluding tert-OH is 3. The number of carboxylic acid groups (broad SMARTS) is 1. The first-order valence-corrected chi connectivity index (χ1v) is 9.59. The molecule has 41 heavy (non-hydrogen) atoms. The van der Waals surface area contributed by atoms with Crippen LogP contribution in [0.15, 0.2) is 0 Å². The van der Waals surface area contributed by atoms with Gasteiger partial charge in [-0.3, -0.25) is 0 Å². The van der Waals surface area contributed by atoms with Gasteiger partial charge in [-0.1, -0.05) is 0 Å². The number of carbonyl (C=O) groups is 1. The first-order chi connectivity index (χ1) is 17.2. The Morgan fingerprint density at radius 1 is 0.732 bits per heavy atom. The van der Waals surface area contributed by atoms with E-state index < -0.39 is 96.6 Å². The molecule has 4 N–H and O–H groups in total. The molecule has 0 aromatic carbocycles. The first kappa shape index (κ1) is 40.1. The molecular weight excluding hydrogens is 650 g/mol. The average Bonchev–Trinajstić information content (AvgIpc) is 3.00. The second-order valence-corrected chi connectivity index (χ2v) is 8.28. The van der Waals surface area contributed by atoms with E-state index >= 15 is 0 Å². The molecule has 0 amide bonds. The summed E-state index contributed by atoms with van der Waals surface area (Å²) in [7, 11) is 0. The van der Waals surface area contributed by atoms with Crippen molar-refractivity contribution in [3.8, 4) is 0 Å². The quantitative estimate of drug-likeness (QED) is 0.160. The van der Waals surface area contributed by atoms with Crippen molar-refractivity contribution in [3.63, 3.8) is 0 Å². The number of alkyl halides is 17. The van der Waals surface area contributed by atoms with Crippen molar-refractivity contribution in [1.29, 1.82) is 0 Å². The minimum absolute atomic E-state index is 0. The van der Waals surface area contributed by atoms with Gasteiger partial charge in [0, 0.05) is 12.8 Å². The molecule has 0 spiro atoms. The molecule has 7 nitrogen and oxygen atoms in total. The van der Waals surface area contributed by atoms with Crippen LogP contribution in [0.4, 0.5) is 74.6 Å². The Balaban J connectivity index is 0.0000160. The maximum atomic E-state index is 14.0. The van der Waals surface area contributed by atoms with E-state index in [0.717, 1.165) is 0 Å². The molecular formula is C16H12F17NaO7. The zero-order valence-corrected chi connectivity index (χ0v) is 21.2. The molecule has 0 aliphatic carbocycles. The maximum absolute atomic E-state index is 14.0. The number of rotatable bonds is 11. The standard InChI is InChI=1S/C16H13F17O7.Na/c17-9(18,2-1-8(39)6(36)3(34)5(40-8)4(35)7(37)38)10(19,20)11(21,22)12(23,24)13(25,26)14(27,28)15(29,30)16(31,32)33;/h3-6,34-36,39H,1-2H2,(H,37,38);/q;+1/p-1/t3-,4-,5-,6+,8+;/m0./s1. The van der Waals surface area contributed by atoms with Crippen LogP contribution in [0.5, 0.6) is 0 Å². The third-order valence-electron chi connectivity index (χ3n) is 5.60. The summed E-state index contributed by atoms with van der Waals surface area (Å²) in [5.74, 6) is -64.7. The van der Waals surface area contributed by atoms with Gasteiger partial charge in [0.15, 0.2) is 5.79 Å². The average molecular weight is 662 g/mol. The van der Waals surface area contributed by atoms with Crippen LogP contribution in [0, 0.1) is 0 Å². The number of ether oxygens (including phenoxy) is 1. The summed E-state index contributed by atoms with van der Waals surface area (Å²) in [4.78, 5) is 10.6. The Kier molecular flexibility index (Phi) is 11.0. The van der Waals surface area contributed by atoms with Gasteiger partial charge < -0.3 is 35.1 Å². The minimum atomic E-state index is -8.83. The van der Waals surface area contributed by atoms with Gasteiger partial charge in [-0.25, -0.2) is 0 Å². The molecule has 1 aliphatic heterocycles. The van der Waals surface area contributed by atoms with E-state index in [-0.39, 0.29) is 29.6 Å². The van der Waals surface area contributed by atoms with E-state index in [9.17, 15) is 105 Å². The van der Waals surface area contributed by atoms with Crippen LogP contribution in [0.25, 0.3) is 0 Å². The Labute approximate surface area is 236 Å². The van der Waals surface area contributed by atoms with Crippen molar-refractivity contribution in [2.45, 2.75) is 90.7 Å². The van der Waals surface area contributed by atoms with Crippen molar-refractivity contribution in [2.75, 3.05) is 0 Å². The van der Waals surface area contributed by atoms with Crippen molar-refractivity contribution >= 4 is 5.97 Å². The van der Waals surface area contributed by atoms with E-state index in [0.29, 0.717) is 0 Å². The van der Waals surface area contributed by atoms with Crippen LogP contribution >= 0.6 is 0 Å². The fraction of sp³-hybridized carbons (Fsp3) is 0.938. The normalized spacial score (nSPS) is 26.5. The number of carboxylic acids is 1. The molecule has 238 valence electrons. The smallest absolute Gasteiger partial charge is 0.547 e. The molecule has 25 heteroatoms. The number of halogens is 17. The molecule has 1 rings (SSSR count). The summed E-state index contributed by atoms with van der Waals surface area (Å²) in [6.45, 7) is 0. The van der Waals surface area contributed by atoms with Crippen molar-refractivity contribution in [1.82, 2.24) is 0 Å². The molecule has 0 bridgehead atoms. The Morgan fingerprint density at radius 3 is 1.41 bits per heavy atom. The Morgan fingerprint density at radius 2 is 1.07 bits per heavy atom. The molecule has 0 aromatic rings. The molecule has 1 heterocycles. The molecule has 1 saturated heterocycles. The van der Waals surface area contributed by atoms with Gasteiger partial charge in [0.2, 0.25) is 0 Å². The van der Waals surface area contributed by atoms with E-state index in [2.05, 4.69) is 4.74 Å². The molecule has 0 unspecified atom stereocenters. The molecule has 1 aliphatic rings. The fourth-order valence-corrected chi connectivity index (χ4v) is 3.10. The first-order valence-electron chi connectivity index (χ1n) is 9.59. The largest absolute Gasteiger partial charge is 1.00 e. The fourth-order valence-electron chi connectivity index (χ4n) is 3.10. The van der Waals surface area contributed by atoms with Crippen LogP contribution in [-0.2, 0) is 9.53 Å². The SMILES string of the molecule is O=C([O-])[C@@H](O)[C@H]1O[C@](O)(CCC(F)(F)C(F)(F)C(F)(F)C(F)(F)C(F)(F)C(F)(F)C(F)(F)C(F)(F)F)[C@H](O)[C@H]1O.[Na+]. The topological polar surface area (TPSA) is 130 Å². The third kappa shape index (κ3) is 5.82. The van der Waals surface area contributed by atoms with Crippen molar-refractivity contribution < 1.29 is 139 Å². The number of hydrogen-bond donors (Lipinski definition) is 4. The van der Waals surface area contributed by atoms with Crippen molar-refractivity contribution in [3.05, 3.63) is 0 Å². The van der Waals surface area contributed by atoms with Crippen LogP contribution in [0.1, 0.15) is 12.8 Å². The number of carbonyl (C=O) groups excluding carboxylic acids is 1. The number of hydrogen-bond acceptors (Lipinski definition) is 7. The van der Waals surface area contributed by atoms with Gasteiger partial charge in [-0.2, -0.15) is 74.6 Å². The number of aliphatic hydroxyl groups is 4. The molecule has 0 aromatic heterocycles.